The molecule has 0 bridgehead atoms. The number of aromatic nitrogens is 2. The summed E-state index contributed by atoms with van der Waals surface area (Å²) >= 11 is 0. The Morgan fingerprint density at radius 2 is 1.85 bits per heavy atom. The lowest BCUT2D eigenvalue weighted by Crippen LogP contribution is -2.26. The number of methoxy groups -OCH3 is 2. The van der Waals surface area contributed by atoms with E-state index in [1.807, 2.05) is 18.2 Å². The number of rotatable bonds is 10. The van der Waals surface area contributed by atoms with Crippen molar-refractivity contribution in [1.82, 2.24) is 15.3 Å². The maximum Gasteiger partial charge on any atom is 0.270 e. The first-order valence-corrected chi connectivity index (χ1v) is 9.08. The molecule has 1 amide bonds. The average Bonchev–Trinajstić information content (AvgIpc) is 2.67. The van der Waals surface area contributed by atoms with Crippen molar-refractivity contribution in [2.75, 3.05) is 32.6 Å². The normalized spacial score (nSPS) is 10.6. The SMILES string of the molecule is COc1ccc(CCNC(=O)c2cc(NCCC(C)C)ncn2)cc1OC. The van der Waals surface area contributed by atoms with Crippen LogP contribution in [0.25, 0.3) is 0 Å². The second-order valence-electron chi connectivity index (χ2n) is 6.59. The van der Waals surface area contributed by atoms with Crippen molar-refractivity contribution in [1.29, 1.82) is 0 Å². The largest absolute Gasteiger partial charge is 0.493 e. The highest BCUT2D eigenvalue weighted by atomic mass is 16.5. The fourth-order valence-electron chi connectivity index (χ4n) is 2.51. The van der Waals surface area contributed by atoms with Gasteiger partial charge in [0, 0.05) is 19.2 Å². The molecular formula is C20H28N4O3. The highest BCUT2D eigenvalue weighted by molar-refractivity contribution is 5.92. The Morgan fingerprint density at radius 1 is 1.07 bits per heavy atom. The predicted molar refractivity (Wildman–Crippen MR) is 106 cm³/mol. The summed E-state index contributed by atoms with van der Waals surface area (Å²) in [7, 11) is 3.21. The molecule has 0 spiro atoms. The molecule has 0 atom stereocenters. The number of hydrogen-bond acceptors (Lipinski definition) is 6. The van der Waals surface area contributed by atoms with Crippen LogP contribution in [0.5, 0.6) is 11.5 Å². The van der Waals surface area contributed by atoms with Gasteiger partial charge in [-0.05, 0) is 36.5 Å². The zero-order valence-corrected chi connectivity index (χ0v) is 16.4. The van der Waals surface area contributed by atoms with Gasteiger partial charge in [0.2, 0.25) is 0 Å². The third kappa shape index (κ3) is 6.44. The van der Waals surface area contributed by atoms with Crippen LogP contribution in [0.15, 0.2) is 30.6 Å². The minimum absolute atomic E-state index is 0.218. The van der Waals surface area contributed by atoms with Crippen molar-refractivity contribution in [3.63, 3.8) is 0 Å². The smallest absolute Gasteiger partial charge is 0.270 e. The second-order valence-corrected chi connectivity index (χ2v) is 6.59. The van der Waals surface area contributed by atoms with Gasteiger partial charge in [0.05, 0.1) is 14.2 Å². The number of benzene rings is 1. The molecular weight excluding hydrogens is 344 g/mol. The monoisotopic (exact) mass is 372 g/mol. The van der Waals surface area contributed by atoms with Crippen LogP contribution in [0.3, 0.4) is 0 Å². The van der Waals surface area contributed by atoms with Gasteiger partial charge < -0.3 is 20.1 Å². The summed E-state index contributed by atoms with van der Waals surface area (Å²) in [5, 5.41) is 6.11. The van der Waals surface area contributed by atoms with Gasteiger partial charge in [-0.2, -0.15) is 0 Å². The molecule has 0 saturated heterocycles. The van der Waals surface area contributed by atoms with Gasteiger partial charge in [-0.1, -0.05) is 19.9 Å². The Hall–Kier alpha value is -2.83. The van der Waals surface area contributed by atoms with Crippen LogP contribution in [-0.2, 0) is 6.42 Å². The van der Waals surface area contributed by atoms with E-state index in [4.69, 9.17) is 9.47 Å². The van der Waals surface area contributed by atoms with E-state index in [9.17, 15) is 4.79 Å². The van der Waals surface area contributed by atoms with Gasteiger partial charge in [0.25, 0.3) is 5.91 Å². The second kappa shape index (κ2) is 10.4. The molecule has 0 fully saturated rings. The first-order valence-electron chi connectivity index (χ1n) is 9.08. The van der Waals surface area contributed by atoms with Gasteiger partial charge in [-0.25, -0.2) is 9.97 Å². The van der Waals surface area contributed by atoms with Crippen molar-refractivity contribution < 1.29 is 14.3 Å². The van der Waals surface area contributed by atoms with E-state index in [1.165, 1.54) is 6.33 Å². The van der Waals surface area contributed by atoms with E-state index < -0.39 is 0 Å². The topological polar surface area (TPSA) is 85.4 Å². The summed E-state index contributed by atoms with van der Waals surface area (Å²) in [6.07, 6.45) is 3.12. The Bertz CT molecular complexity index is 750. The Kier molecular flexibility index (Phi) is 7.85. The lowest BCUT2D eigenvalue weighted by molar-refractivity contribution is 0.0949. The molecule has 1 heterocycles. The Labute approximate surface area is 160 Å². The predicted octanol–water partition coefficient (Wildman–Crippen LogP) is 2.92. The summed E-state index contributed by atoms with van der Waals surface area (Å²) in [4.78, 5) is 20.5. The molecule has 2 rings (SSSR count). The Morgan fingerprint density at radius 3 is 2.56 bits per heavy atom. The van der Waals surface area contributed by atoms with E-state index in [0.717, 1.165) is 18.5 Å². The van der Waals surface area contributed by atoms with Crippen molar-refractivity contribution in [2.24, 2.45) is 5.92 Å². The van der Waals surface area contributed by atoms with Crippen molar-refractivity contribution in [2.45, 2.75) is 26.7 Å². The number of carbonyl (C=O) groups excluding carboxylic acids is 1. The number of nitrogens with one attached hydrogen (secondary N) is 2. The van der Waals surface area contributed by atoms with Crippen molar-refractivity contribution in [3.8, 4) is 11.5 Å². The molecule has 7 nitrogen and oxygen atoms in total. The molecule has 0 aliphatic heterocycles. The summed E-state index contributed by atoms with van der Waals surface area (Å²) in [6, 6.07) is 7.39. The summed E-state index contributed by atoms with van der Waals surface area (Å²) < 4.78 is 10.5. The van der Waals surface area contributed by atoms with Crippen LogP contribution in [0.1, 0.15) is 36.3 Å². The minimum atomic E-state index is -0.218. The van der Waals surface area contributed by atoms with E-state index in [2.05, 4.69) is 34.4 Å². The van der Waals surface area contributed by atoms with E-state index in [0.29, 0.717) is 41.9 Å². The van der Waals surface area contributed by atoms with Crippen LogP contribution in [0.4, 0.5) is 5.82 Å². The molecule has 1 aromatic heterocycles. The van der Waals surface area contributed by atoms with E-state index in [1.54, 1.807) is 20.3 Å². The number of nitrogens with zero attached hydrogens (tertiary/aromatic N) is 2. The minimum Gasteiger partial charge on any atom is -0.493 e. The highest BCUT2D eigenvalue weighted by Gasteiger charge is 2.09. The van der Waals surface area contributed by atoms with Gasteiger partial charge in [0.15, 0.2) is 11.5 Å². The third-order valence-corrected chi connectivity index (χ3v) is 4.07. The average molecular weight is 372 g/mol. The molecule has 146 valence electrons. The van der Waals surface area contributed by atoms with Gasteiger partial charge in [-0.15, -0.1) is 0 Å². The number of anilines is 1. The summed E-state index contributed by atoms with van der Waals surface area (Å²) in [5.41, 5.74) is 1.40. The first-order chi connectivity index (χ1) is 13.0. The van der Waals surface area contributed by atoms with Gasteiger partial charge in [0.1, 0.15) is 17.8 Å². The van der Waals surface area contributed by atoms with Crippen LogP contribution in [0, 0.1) is 5.92 Å². The molecule has 27 heavy (non-hydrogen) atoms. The zero-order valence-electron chi connectivity index (χ0n) is 16.4. The van der Waals surface area contributed by atoms with Crippen molar-refractivity contribution in [3.05, 3.63) is 41.9 Å². The molecule has 2 N–H and O–H groups in total. The lowest BCUT2D eigenvalue weighted by Gasteiger charge is -2.10. The molecule has 0 saturated carbocycles. The molecule has 0 aliphatic rings. The number of hydrogen-bond donors (Lipinski definition) is 2. The standard InChI is InChI=1S/C20H28N4O3/c1-14(2)7-9-21-19-12-16(23-13-24-19)20(25)22-10-8-15-5-6-17(26-3)18(11-15)27-4/h5-6,11-14H,7-10H2,1-4H3,(H,22,25)(H,21,23,24). The quantitative estimate of drug-likeness (QED) is 0.667. The van der Waals surface area contributed by atoms with Crippen molar-refractivity contribution >= 4 is 11.7 Å². The van der Waals surface area contributed by atoms with Gasteiger partial charge in [-0.3, -0.25) is 4.79 Å². The van der Waals surface area contributed by atoms with Crippen LogP contribution in [-0.4, -0.2) is 43.2 Å². The van der Waals surface area contributed by atoms with E-state index >= 15 is 0 Å². The first kappa shape index (κ1) is 20.5. The zero-order chi connectivity index (χ0) is 19.6. The summed E-state index contributed by atoms with van der Waals surface area (Å²) in [5.74, 6) is 2.41. The number of carbonyl (C=O) groups is 1. The summed E-state index contributed by atoms with van der Waals surface area (Å²) in [6.45, 7) is 5.64. The molecule has 7 heteroatoms. The van der Waals surface area contributed by atoms with Crippen LogP contribution < -0.4 is 20.1 Å². The highest BCUT2D eigenvalue weighted by Crippen LogP contribution is 2.27. The van der Waals surface area contributed by atoms with E-state index in [-0.39, 0.29) is 5.91 Å². The maximum atomic E-state index is 12.3. The molecule has 2 aromatic rings. The number of ether oxygens (including phenoxy) is 2. The fourth-order valence-corrected chi connectivity index (χ4v) is 2.51. The molecule has 1 aromatic carbocycles. The maximum absolute atomic E-state index is 12.3. The number of amides is 1. The molecule has 0 aliphatic carbocycles. The molecule has 0 radical (unpaired) electrons. The third-order valence-electron chi connectivity index (χ3n) is 4.07. The fraction of sp³-hybridized carbons (Fsp3) is 0.450. The molecule has 0 unspecified atom stereocenters. The Balaban J connectivity index is 1.87. The van der Waals surface area contributed by atoms with Gasteiger partial charge >= 0.3 is 0 Å². The lowest BCUT2D eigenvalue weighted by atomic mass is 10.1. The van der Waals surface area contributed by atoms with Crippen LogP contribution >= 0.6 is 0 Å². The van der Waals surface area contributed by atoms with Crippen LogP contribution in [0.2, 0.25) is 0 Å².